The number of rotatable bonds is 2. The summed E-state index contributed by atoms with van der Waals surface area (Å²) in [5.41, 5.74) is 3.57. The van der Waals surface area contributed by atoms with Gasteiger partial charge >= 0.3 is 0 Å². The molecule has 0 aliphatic carbocycles. The molecule has 1 unspecified atom stereocenters. The number of benzene rings is 2. The Morgan fingerprint density at radius 2 is 1.90 bits per heavy atom. The summed E-state index contributed by atoms with van der Waals surface area (Å²) in [6.07, 6.45) is 0.950. The van der Waals surface area contributed by atoms with Gasteiger partial charge in [-0.2, -0.15) is 0 Å². The first-order chi connectivity index (χ1) is 9.44. The second kappa shape index (κ2) is 5.09. The molecule has 3 heteroatoms. The SMILES string of the molecule is CC1(C)Cc2cc(C(Br)c3cccc(Cl)c3)ccc2O1. The van der Waals surface area contributed by atoms with Gasteiger partial charge < -0.3 is 4.74 Å². The fourth-order valence-electron chi connectivity index (χ4n) is 2.64. The monoisotopic (exact) mass is 350 g/mol. The van der Waals surface area contributed by atoms with Gasteiger partial charge in [-0.25, -0.2) is 0 Å². The van der Waals surface area contributed by atoms with Crippen LogP contribution in [0, 0.1) is 0 Å². The Labute approximate surface area is 133 Å². The van der Waals surface area contributed by atoms with Crippen LogP contribution in [0.1, 0.15) is 35.4 Å². The quantitative estimate of drug-likeness (QED) is 0.646. The van der Waals surface area contributed by atoms with Crippen molar-refractivity contribution in [3.05, 3.63) is 64.2 Å². The fraction of sp³-hybridized carbons (Fsp3) is 0.294. The minimum absolute atomic E-state index is 0.0984. The predicted octanol–water partition coefficient (Wildman–Crippen LogP) is 5.54. The van der Waals surface area contributed by atoms with E-state index in [-0.39, 0.29) is 10.4 Å². The van der Waals surface area contributed by atoms with Crippen molar-refractivity contribution in [2.45, 2.75) is 30.7 Å². The summed E-state index contributed by atoms with van der Waals surface area (Å²) < 4.78 is 5.92. The lowest BCUT2D eigenvalue weighted by Gasteiger charge is -2.16. The van der Waals surface area contributed by atoms with Gasteiger partial charge in [0.2, 0.25) is 0 Å². The van der Waals surface area contributed by atoms with Crippen LogP contribution in [0.2, 0.25) is 5.02 Å². The third-order valence-electron chi connectivity index (χ3n) is 3.52. The lowest BCUT2D eigenvalue weighted by atomic mass is 9.98. The van der Waals surface area contributed by atoms with Gasteiger partial charge in [-0.05, 0) is 48.7 Å². The zero-order chi connectivity index (χ0) is 14.3. The number of hydrogen-bond acceptors (Lipinski definition) is 1. The molecule has 0 aromatic heterocycles. The van der Waals surface area contributed by atoms with Gasteiger partial charge in [0.15, 0.2) is 0 Å². The first kappa shape index (κ1) is 14.0. The minimum Gasteiger partial charge on any atom is -0.487 e. The van der Waals surface area contributed by atoms with Crippen molar-refractivity contribution in [1.29, 1.82) is 0 Å². The van der Waals surface area contributed by atoms with E-state index in [1.165, 1.54) is 11.1 Å². The van der Waals surface area contributed by atoms with Crippen molar-refractivity contribution in [2.24, 2.45) is 0 Å². The van der Waals surface area contributed by atoms with Gasteiger partial charge in [0.1, 0.15) is 11.4 Å². The van der Waals surface area contributed by atoms with Crippen LogP contribution in [0.25, 0.3) is 0 Å². The number of halogens is 2. The Hall–Kier alpha value is -0.990. The van der Waals surface area contributed by atoms with Crippen molar-refractivity contribution in [3.63, 3.8) is 0 Å². The molecule has 20 heavy (non-hydrogen) atoms. The maximum atomic E-state index is 6.07. The van der Waals surface area contributed by atoms with E-state index in [1.54, 1.807) is 0 Å². The van der Waals surface area contributed by atoms with Crippen LogP contribution in [0.5, 0.6) is 5.75 Å². The molecule has 104 valence electrons. The molecule has 0 bridgehead atoms. The van der Waals surface area contributed by atoms with Gasteiger partial charge in [-0.15, -0.1) is 0 Å². The number of alkyl halides is 1. The van der Waals surface area contributed by atoms with Crippen LogP contribution in [0.15, 0.2) is 42.5 Å². The first-order valence-electron chi connectivity index (χ1n) is 6.66. The molecule has 0 amide bonds. The lowest BCUT2D eigenvalue weighted by molar-refractivity contribution is 0.138. The fourth-order valence-corrected chi connectivity index (χ4v) is 3.41. The molecular formula is C17H16BrClO. The second-order valence-electron chi connectivity index (χ2n) is 5.82. The molecule has 1 heterocycles. The van der Waals surface area contributed by atoms with E-state index in [4.69, 9.17) is 16.3 Å². The molecule has 2 aromatic carbocycles. The van der Waals surface area contributed by atoms with Crippen molar-refractivity contribution >= 4 is 27.5 Å². The summed E-state index contributed by atoms with van der Waals surface area (Å²) in [6.45, 7) is 4.24. The highest BCUT2D eigenvalue weighted by Gasteiger charge is 2.30. The van der Waals surface area contributed by atoms with Gasteiger partial charge in [-0.1, -0.05) is 51.8 Å². The molecule has 1 aliphatic rings. The summed E-state index contributed by atoms with van der Waals surface area (Å²) in [5.74, 6) is 1.00. The average molecular weight is 352 g/mol. The first-order valence-corrected chi connectivity index (χ1v) is 7.95. The zero-order valence-corrected chi connectivity index (χ0v) is 13.8. The summed E-state index contributed by atoms with van der Waals surface area (Å²) in [7, 11) is 0. The van der Waals surface area contributed by atoms with E-state index >= 15 is 0 Å². The molecule has 1 nitrogen and oxygen atoms in total. The Morgan fingerprint density at radius 1 is 1.15 bits per heavy atom. The van der Waals surface area contributed by atoms with Crippen LogP contribution in [-0.2, 0) is 6.42 Å². The van der Waals surface area contributed by atoms with Crippen LogP contribution in [0.4, 0.5) is 0 Å². The molecule has 3 rings (SSSR count). The Balaban J connectivity index is 1.93. The van der Waals surface area contributed by atoms with E-state index < -0.39 is 0 Å². The van der Waals surface area contributed by atoms with Gasteiger partial charge in [0.05, 0.1) is 4.83 Å². The normalized spacial score (nSPS) is 17.4. The second-order valence-corrected chi connectivity index (χ2v) is 7.18. The standard InChI is InChI=1S/C17H16BrClO/c1-17(2)10-13-8-12(6-7-15(13)20-17)16(18)11-4-3-5-14(19)9-11/h3-9,16H,10H2,1-2H3. The number of hydrogen-bond donors (Lipinski definition) is 0. The van der Waals surface area contributed by atoms with Crippen LogP contribution in [-0.4, -0.2) is 5.60 Å². The van der Waals surface area contributed by atoms with Crippen molar-refractivity contribution < 1.29 is 4.74 Å². The maximum Gasteiger partial charge on any atom is 0.123 e. The van der Waals surface area contributed by atoms with Gasteiger partial charge in [0.25, 0.3) is 0 Å². The van der Waals surface area contributed by atoms with Crippen molar-refractivity contribution in [1.82, 2.24) is 0 Å². The highest BCUT2D eigenvalue weighted by molar-refractivity contribution is 9.09. The molecule has 1 atom stereocenters. The predicted molar refractivity (Wildman–Crippen MR) is 87.1 cm³/mol. The molecule has 0 spiro atoms. The van der Waals surface area contributed by atoms with Crippen LogP contribution >= 0.6 is 27.5 Å². The topological polar surface area (TPSA) is 9.23 Å². The minimum atomic E-state index is -0.0984. The zero-order valence-electron chi connectivity index (χ0n) is 11.5. The summed E-state index contributed by atoms with van der Waals surface area (Å²) >= 11 is 9.83. The Bertz CT molecular complexity index is 651. The number of fused-ring (bicyclic) bond motifs is 1. The van der Waals surface area contributed by atoms with E-state index in [0.29, 0.717) is 0 Å². The van der Waals surface area contributed by atoms with E-state index in [9.17, 15) is 0 Å². The van der Waals surface area contributed by atoms with Crippen molar-refractivity contribution in [3.8, 4) is 5.75 Å². The largest absolute Gasteiger partial charge is 0.487 e. The number of ether oxygens (including phenoxy) is 1. The van der Waals surface area contributed by atoms with E-state index in [1.807, 2.05) is 18.2 Å². The lowest BCUT2D eigenvalue weighted by Crippen LogP contribution is -2.24. The molecule has 0 saturated heterocycles. The summed E-state index contributed by atoms with van der Waals surface area (Å²) in [4.78, 5) is 0.148. The smallest absolute Gasteiger partial charge is 0.123 e. The molecule has 2 aromatic rings. The third-order valence-corrected chi connectivity index (χ3v) is 4.81. The van der Waals surface area contributed by atoms with Crippen molar-refractivity contribution in [2.75, 3.05) is 0 Å². The van der Waals surface area contributed by atoms with Gasteiger partial charge in [0, 0.05) is 11.4 Å². The molecular weight excluding hydrogens is 336 g/mol. The van der Waals surface area contributed by atoms with Crippen LogP contribution in [0.3, 0.4) is 0 Å². The molecule has 1 aliphatic heterocycles. The summed E-state index contributed by atoms with van der Waals surface area (Å²) in [5, 5.41) is 0.762. The molecule has 0 radical (unpaired) electrons. The van der Waals surface area contributed by atoms with Gasteiger partial charge in [-0.3, -0.25) is 0 Å². The molecule has 0 fully saturated rings. The summed E-state index contributed by atoms with van der Waals surface area (Å²) in [6, 6.07) is 14.4. The third kappa shape index (κ3) is 2.72. The highest BCUT2D eigenvalue weighted by atomic mass is 79.9. The highest BCUT2D eigenvalue weighted by Crippen LogP contribution is 2.39. The molecule has 0 N–H and O–H groups in total. The van der Waals surface area contributed by atoms with Crippen LogP contribution < -0.4 is 4.74 Å². The Kier molecular flexibility index (Phi) is 3.55. The average Bonchev–Trinajstić information content (AvgIpc) is 2.70. The molecule has 0 saturated carbocycles. The van der Waals surface area contributed by atoms with E-state index in [2.05, 4.69) is 54.0 Å². The Morgan fingerprint density at radius 3 is 2.65 bits per heavy atom. The van der Waals surface area contributed by atoms with E-state index in [0.717, 1.165) is 22.8 Å². The maximum absolute atomic E-state index is 6.07.